The van der Waals surface area contributed by atoms with Gasteiger partial charge in [0.2, 0.25) is 0 Å². The molecule has 2 aliphatic rings. The smallest absolute Gasteiger partial charge is 0.416 e. The van der Waals surface area contributed by atoms with E-state index in [0.29, 0.717) is 5.56 Å². The number of carbonyl (C=O) groups is 2. The minimum absolute atomic E-state index is 0.0572. The van der Waals surface area contributed by atoms with E-state index in [4.69, 9.17) is 19.9 Å². The summed E-state index contributed by atoms with van der Waals surface area (Å²) in [4.78, 5) is 24.3. The first-order valence-electron chi connectivity index (χ1n) is 9.55. The highest BCUT2D eigenvalue weighted by Gasteiger charge is 2.40. The molecule has 3 rings (SSSR count). The summed E-state index contributed by atoms with van der Waals surface area (Å²) in [6.45, 7) is 1.68. The molecule has 0 bridgehead atoms. The van der Waals surface area contributed by atoms with E-state index in [0.717, 1.165) is 25.0 Å². The van der Waals surface area contributed by atoms with E-state index < -0.39 is 41.9 Å². The highest BCUT2D eigenvalue weighted by Crippen LogP contribution is 2.33. The van der Waals surface area contributed by atoms with Gasteiger partial charge in [-0.05, 0) is 43.9 Å². The maximum Gasteiger partial charge on any atom is 0.416 e. The van der Waals surface area contributed by atoms with E-state index in [-0.39, 0.29) is 31.5 Å². The molecule has 4 unspecified atom stereocenters. The normalized spacial score (nSPS) is 28.7. The van der Waals surface area contributed by atoms with Crippen molar-refractivity contribution in [2.24, 2.45) is 17.6 Å². The quantitative estimate of drug-likeness (QED) is 0.761. The fourth-order valence-corrected chi connectivity index (χ4v) is 3.28. The molecule has 0 amide bonds. The number of alkyl halides is 3. The third-order valence-corrected chi connectivity index (χ3v) is 5.10. The zero-order valence-corrected chi connectivity index (χ0v) is 16.0. The molecule has 6 nitrogen and oxygen atoms in total. The first-order valence-corrected chi connectivity index (χ1v) is 9.55. The van der Waals surface area contributed by atoms with Crippen molar-refractivity contribution in [1.29, 1.82) is 0 Å². The molecule has 1 saturated heterocycles. The third-order valence-electron chi connectivity index (χ3n) is 5.10. The average molecular weight is 415 g/mol. The number of rotatable bonds is 4. The largest absolute Gasteiger partial charge is 0.458 e. The number of ether oxygens (including phenoxy) is 3. The van der Waals surface area contributed by atoms with Crippen molar-refractivity contribution in [1.82, 2.24) is 0 Å². The monoisotopic (exact) mass is 415 g/mol. The number of nitrogens with two attached hydrogens (primary N) is 1. The van der Waals surface area contributed by atoms with Crippen molar-refractivity contribution in [2.45, 2.75) is 50.6 Å². The van der Waals surface area contributed by atoms with E-state index in [2.05, 4.69) is 0 Å². The maximum atomic E-state index is 12.8. The van der Waals surface area contributed by atoms with Crippen LogP contribution in [0.1, 0.15) is 30.9 Å². The standard InChI is InChI=1S/C20H24F3NO5/c1-11-17(29-18(25)13-4-5-13)14(9-27-10-16(24)19(26)28-11)8-12-2-6-15(7-3-12)20(21,22)23/h2-3,6-7,11,13-14,16-17H,4-5,8-10,24H2,1H3. The summed E-state index contributed by atoms with van der Waals surface area (Å²) >= 11 is 0. The van der Waals surface area contributed by atoms with E-state index >= 15 is 0 Å². The molecular weight excluding hydrogens is 391 g/mol. The number of benzene rings is 1. The second kappa shape index (κ2) is 8.71. The molecule has 0 radical (unpaired) electrons. The molecule has 4 atom stereocenters. The molecule has 1 saturated carbocycles. The van der Waals surface area contributed by atoms with Gasteiger partial charge >= 0.3 is 18.1 Å². The number of cyclic esters (lactones) is 1. The van der Waals surface area contributed by atoms with E-state index in [1.807, 2.05) is 0 Å². The van der Waals surface area contributed by atoms with Crippen LogP contribution in [0.4, 0.5) is 13.2 Å². The maximum absolute atomic E-state index is 12.8. The Morgan fingerprint density at radius 1 is 1.21 bits per heavy atom. The van der Waals surface area contributed by atoms with Crippen LogP contribution in [-0.2, 0) is 36.4 Å². The lowest BCUT2D eigenvalue weighted by molar-refractivity contribution is -0.172. The molecule has 1 aliphatic carbocycles. The lowest BCUT2D eigenvalue weighted by Crippen LogP contribution is -2.43. The van der Waals surface area contributed by atoms with Crippen molar-refractivity contribution in [3.63, 3.8) is 0 Å². The molecule has 160 valence electrons. The fraction of sp³-hybridized carbons (Fsp3) is 0.600. The van der Waals surface area contributed by atoms with Gasteiger partial charge in [-0.3, -0.25) is 9.59 Å². The molecule has 0 aromatic heterocycles. The lowest BCUT2D eigenvalue weighted by atomic mass is 9.91. The SMILES string of the molecule is CC1OC(=O)C(N)COCC(Cc2ccc(C(F)(F)F)cc2)C1OC(=O)C1CC1. The van der Waals surface area contributed by atoms with Gasteiger partial charge in [-0.25, -0.2) is 0 Å². The van der Waals surface area contributed by atoms with Crippen LogP contribution in [0.5, 0.6) is 0 Å². The number of hydrogen-bond donors (Lipinski definition) is 1. The van der Waals surface area contributed by atoms with Gasteiger partial charge in [-0.15, -0.1) is 0 Å². The average Bonchev–Trinajstić information content (AvgIpc) is 3.49. The van der Waals surface area contributed by atoms with Crippen LogP contribution in [0, 0.1) is 11.8 Å². The first kappa shape index (κ1) is 21.6. The van der Waals surface area contributed by atoms with Gasteiger partial charge in [0, 0.05) is 5.92 Å². The van der Waals surface area contributed by atoms with E-state index in [1.165, 1.54) is 12.1 Å². The third kappa shape index (κ3) is 5.70. The van der Waals surface area contributed by atoms with Gasteiger partial charge in [0.15, 0.2) is 0 Å². The summed E-state index contributed by atoms with van der Waals surface area (Å²) in [7, 11) is 0. The van der Waals surface area contributed by atoms with Gasteiger partial charge in [-0.2, -0.15) is 13.2 Å². The second-order valence-corrected chi connectivity index (χ2v) is 7.62. The molecule has 9 heteroatoms. The van der Waals surface area contributed by atoms with E-state index in [9.17, 15) is 22.8 Å². The van der Waals surface area contributed by atoms with Crippen molar-refractivity contribution in [2.75, 3.05) is 13.2 Å². The second-order valence-electron chi connectivity index (χ2n) is 7.62. The number of carbonyl (C=O) groups excluding carboxylic acids is 2. The van der Waals surface area contributed by atoms with Crippen LogP contribution in [0.3, 0.4) is 0 Å². The summed E-state index contributed by atoms with van der Waals surface area (Å²) in [5, 5.41) is 0. The Labute approximate surface area is 166 Å². The van der Waals surface area contributed by atoms with Gasteiger partial charge in [-0.1, -0.05) is 12.1 Å². The molecule has 2 N–H and O–H groups in total. The summed E-state index contributed by atoms with van der Waals surface area (Å²) in [5.41, 5.74) is 5.61. The predicted octanol–water partition coefficient (Wildman–Crippen LogP) is 2.48. The molecule has 1 heterocycles. The zero-order valence-electron chi connectivity index (χ0n) is 16.0. The molecule has 29 heavy (non-hydrogen) atoms. The lowest BCUT2D eigenvalue weighted by Gasteiger charge is -2.30. The molecule has 1 aromatic carbocycles. The molecule has 2 fully saturated rings. The Morgan fingerprint density at radius 2 is 1.86 bits per heavy atom. The Morgan fingerprint density at radius 3 is 2.45 bits per heavy atom. The first-order chi connectivity index (χ1) is 13.6. The Balaban J connectivity index is 1.80. The van der Waals surface area contributed by atoms with Crippen molar-refractivity contribution in [3.05, 3.63) is 35.4 Å². The topological polar surface area (TPSA) is 87.8 Å². The summed E-state index contributed by atoms with van der Waals surface area (Å²) in [6.07, 6.45) is -4.18. The van der Waals surface area contributed by atoms with Crippen molar-refractivity contribution < 1.29 is 37.0 Å². The Kier molecular flexibility index (Phi) is 6.48. The minimum atomic E-state index is -4.42. The number of esters is 2. The fourth-order valence-electron chi connectivity index (χ4n) is 3.28. The van der Waals surface area contributed by atoms with Crippen LogP contribution in [0.2, 0.25) is 0 Å². The van der Waals surface area contributed by atoms with Crippen LogP contribution in [0.25, 0.3) is 0 Å². The molecule has 1 aliphatic heterocycles. The summed E-state index contributed by atoms with van der Waals surface area (Å²) < 4.78 is 54.9. The van der Waals surface area contributed by atoms with Crippen LogP contribution < -0.4 is 5.73 Å². The molecule has 1 aromatic rings. The minimum Gasteiger partial charge on any atom is -0.458 e. The van der Waals surface area contributed by atoms with Crippen LogP contribution in [0.15, 0.2) is 24.3 Å². The highest BCUT2D eigenvalue weighted by atomic mass is 19.4. The Bertz CT molecular complexity index is 733. The van der Waals surface area contributed by atoms with Gasteiger partial charge < -0.3 is 19.9 Å². The van der Waals surface area contributed by atoms with Crippen molar-refractivity contribution >= 4 is 11.9 Å². The molecular formula is C20H24F3NO5. The van der Waals surface area contributed by atoms with Crippen molar-refractivity contribution in [3.8, 4) is 0 Å². The van der Waals surface area contributed by atoms with E-state index in [1.54, 1.807) is 6.92 Å². The Hall–Kier alpha value is -2.13. The number of hydrogen-bond acceptors (Lipinski definition) is 6. The van der Waals surface area contributed by atoms with Gasteiger partial charge in [0.25, 0.3) is 0 Å². The molecule has 0 spiro atoms. The van der Waals surface area contributed by atoms with Crippen LogP contribution in [-0.4, -0.2) is 43.4 Å². The highest BCUT2D eigenvalue weighted by molar-refractivity contribution is 5.76. The van der Waals surface area contributed by atoms with Gasteiger partial charge in [0.05, 0.1) is 24.7 Å². The summed E-state index contributed by atoms with van der Waals surface area (Å²) in [5.74, 6) is -1.58. The van der Waals surface area contributed by atoms with Gasteiger partial charge in [0.1, 0.15) is 18.2 Å². The van der Waals surface area contributed by atoms with Crippen LogP contribution >= 0.6 is 0 Å². The predicted molar refractivity (Wildman–Crippen MR) is 95.6 cm³/mol. The zero-order chi connectivity index (χ0) is 21.2. The number of halogens is 3. The summed E-state index contributed by atoms with van der Waals surface area (Å²) in [6, 6.07) is 3.84.